The molecule has 0 saturated heterocycles. The lowest BCUT2D eigenvalue weighted by molar-refractivity contribution is -0.109. The average Bonchev–Trinajstić information content (AvgIpc) is 2.15. The Kier molecular flexibility index (Phi) is 3.52. The summed E-state index contributed by atoms with van der Waals surface area (Å²) < 4.78 is 0. The summed E-state index contributed by atoms with van der Waals surface area (Å²) in [7, 11) is 0. The minimum atomic E-state index is 0.0937. The van der Waals surface area contributed by atoms with Gasteiger partial charge in [-0.3, -0.25) is 0 Å². The van der Waals surface area contributed by atoms with E-state index >= 15 is 0 Å². The largest absolute Gasteiger partial charge is 0.303 e. The Labute approximate surface area is 73.4 Å². The maximum Gasteiger partial charge on any atom is 0.127 e. The first kappa shape index (κ1) is 8.98. The van der Waals surface area contributed by atoms with Gasteiger partial charge >= 0.3 is 0 Å². The van der Waals surface area contributed by atoms with Crippen LogP contribution in [0.3, 0.4) is 0 Å². The fourth-order valence-corrected chi connectivity index (χ4v) is 1.32. The van der Waals surface area contributed by atoms with Gasteiger partial charge < -0.3 is 4.79 Å². The molecule has 0 fully saturated rings. The van der Waals surface area contributed by atoms with Gasteiger partial charge in [-0.15, -0.1) is 0 Å². The second kappa shape index (κ2) is 4.70. The predicted octanol–water partition coefficient (Wildman–Crippen LogP) is 2.77. The molecule has 0 aromatic heterocycles. The van der Waals surface area contributed by atoms with Crippen molar-refractivity contribution < 1.29 is 4.79 Å². The van der Waals surface area contributed by atoms with Crippen LogP contribution in [0.1, 0.15) is 31.2 Å². The van der Waals surface area contributed by atoms with Crippen molar-refractivity contribution >= 4 is 6.29 Å². The summed E-state index contributed by atoms with van der Waals surface area (Å²) >= 11 is 0. The predicted molar refractivity (Wildman–Crippen MR) is 50.2 cm³/mol. The second-order valence-corrected chi connectivity index (χ2v) is 2.94. The van der Waals surface area contributed by atoms with Gasteiger partial charge in [-0.25, -0.2) is 0 Å². The molecule has 0 aliphatic heterocycles. The standard InChI is InChI=1S/C11H14O/c1-2-6-11(9-12)10-7-4-3-5-8-10/h3-5,7-9,11H,2,6H2,1H3/t11-/m0/s1. The summed E-state index contributed by atoms with van der Waals surface area (Å²) in [5, 5.41) is 0. The van der Waals surface area contributed by atoms with E-state index in [1.807, 2.05) is 30.3 Å². The highest BCUT2D eigenvalue weighted by atomic mass is 16.1. The number of carbonyl (C=O) groups is 1. The van der Waals surface area contributed by atoms with Gasteiger partial charge in [-0.1, -0.05) is 43.7 Å². The van der Waals surface area contributed by atoms with Crippen LogP contribution < -0.4 is 0 Å². The van der Waals surface area contributed by atoms with E-state index in [-0.39, 0.29) is 5.92 Å². The molecule has 0 unspecified atom stereocenters. The molecule has 64 valence electrons. The first-order valence-electron chi connectivity index (χ1n) is 4.38. The van der Waals surface area contributed by atoms with Crippen LogP contribution in [0, 0.1) is 0 Å². The summed E-state index contributed by atoms with van der Waals surface area (Å²) in [6.45, 7) is 2.10. The van der Waals surface area contributed by atoms with Crippen LogP contribution in [0.15, 0.2) is 30.3 Å². The molecule has 0 aliphatic rings. The molecule has 12 heavy (non-hydrogen) atoms. The fourth-order valence-electron chi connectivity index (χ4n) is 1.32. The molecule has 1 atom stereocenters. The highest BCUT2D eigenvalue weighted by Gasteiger charge is 2.07. The molecular formula is C11H14O. The number of carbonyl (C=O) groups excluding carboxylic acids is 1. The van der Waals surface area contributed by atoms with Gasteiger partial charge in [-0.2, -0.15) is 0 Å². The molecule has 0 saturated carbocycles. The highest BCUT2D eigenvalue weighted by molar-refractivity contribution is 5.61. The van der Waals surface area contributed by atoms with Crippen molar-refractivity contribution in [2.75, 3.05) is 0 Å². The van der Waals surface area contributed by atoms with Gasteiger partial charge in [0.15, 0.2) is 0 Å². The minimum absolute atomic E-state index is 0.0937. The molecular weight excluding hydrogens is 148 g/mol. The second-order valence-electron chi connectivity index (χ2n) is 2.94. The number of rotatable bonds is 4. The van der Waals surface area contributed by atoms with Gasteiger partial charge in [0.2, 0.25) is 0 Å². The van der Waals surface area contributed by atoms with E-state index in [9.17, 15) is 4.79 Å². The summed E-state index contributed by atoms with van der Waals surface area (Å²) in [5.41, 5.74) is 1.13. The summed E-state index contributed by atoms with van der Waals surface area (Å²) in [6, 6.07) is 9.93. The zero-order valence-electron chi connectivity index (χ0n) is 7.36. The third-order valence-corrected chi connectivity index (χ3v) is 1.99. The zero-order chi connectivity index (χ0) is 8.81. The maximum absolute atomic E-state index is 10.7. The molecule has 1 heteroatoms. The lowest BCUT2D eigenvalue weighted by Crippen LogP contribution is -1.98. The fraction of sp³-hybridized carbons (Fsp3) is 0.364. The monoisotopic (exact) mass is 162 g/mol. The number of aldehydes is 1. The minimum Gasteiger partial charge on any atom is -0.303 e. The van der Waals surface area contributed by atoms with E-state index in [2.05, 4.69) is 6.92 Å². The third-order valence-electron chi connectivity index (χ3n) is 1.99. The van der Waals surface area contributed by atoms with Gasteiger partial charge in [0.1, 0.15) is 6.29 Å². The number of hydrogen-bond acceptors (Lipinski definition) is 1. The molecule has 1 aromatic rings. The van der Waals surface area contributed by atoms with Gasteiger partial charge in [-0.05, 0) is 12.0 Å². The van der Waals surface area contributed by atoms with E-state index in [0.29, 0.717) is 0 Å². The molecule has 0 aliphatic carbocycles. The zero-order valence-corrected chi connectivity index (χ0v) is 7.36. The van der Waals surface area contributed by atoms with Crippen molar-refractivity contribution in [1.29, 1.82) is 0 Å². The van der Waals surface area contributed by atoms with Crippen molar-refractivity contribution in [3.05, 3.63) is 35.9 Å². The van der Waals surface area contributed by atoms with E-state index in [1.54, 1.807) is 0 Å². The van der Waals surface area contributed by atoms with Crippen molar-refractivity contribution in [1.82, 2.24) is 0 Å². The smallest absolute Gasteiger partial charge is 0.127 e. The van der Waals surface area contributed by atoms with E-state index in [4.69, 9.17) is 0 Å². The molecule has 1 aromatic carbocycles. The summed E-state index contributed by atoms with van der Waals surface area (Å²) in [5.74, 6) is 0.0937. The van der Waals surface area contributed by atoms with Crippen LogP contribution in [0.5, 0.6) is 0 Å². The van der Waals surface area contributed by atoms with E-state index in [1.165, 1.54) is 0 Å². The third kappa shape index (κ3) is 2.19. The number of hydrogen-bond donors (Lipinski definition) is 0. The Balaban J connectivity index is 2.73. The first-order chi connectivity index (χ1) is 5.88. The van der Waals surface area contributed by atoms with Crippen molar-refractivity contribution in [2.45, 2.75) is 25.7 Å². The summed E-state index contributed by atoms with van der Waals surface area (Å²) in [6.07, 6.45) is 3.05. The molecule has 0 bridgehead atoms. The van der Waals surface area contributed by atoms with Crippen molar-refractivity contribution in [2.24, 2.45) is 0 Å². The molecule has 1 nitrogen and oxygen atoms in total. The van der Waals surface area contributed by atoms with Crippen LogP contribution >= 0.6 is 0 Å². The molecule has 0 spiro atoms. The highest BCUT2D eigenvalue weighted by Crippen LogP contribution is 2.17. The average molecular weight is 162 g/mol. The van der Waals surface area contributed by atoms with Crippen LogP contribution in [-0.2, 0) is 4.79 Å². The molecule has 0 radical (unpaired) electrons. The van der Waals surface area contributed by atoms with Crippen LogP contribution in [0.25, 0.3) is 0 Å². The number of benzene rings is 1. The molecule has 1 rings (SSSR count). The van der Waals surface area contributed by atoms with Crippen LogP contribution in [0.4, 0.5) is 0 Å². The molecule has 0 heterocycles. The van der Waals surface area contributed by atoms with Crippen LogP contribution in [-0.4, -0.2) is 6.29 Å². The van der Waals surface area contributed by atoms with Gasteiger partial charge in [0.05, 0.1) is 0 Å². The Morgan fingerprint density at radius 1 is 1.33 bits per heavy atom. The van der Waals surface area contributed by atoms with Crippen molar-refractivity contribution in [3.8, 4) is 0 Å². The van der Waals surface area contributed by atoms with Crippen molar-refractivity contribution in [3.63, 3.8) is 0 Å². The van der Waals surface area contributed by atoms with E-state index in [0.717, 1.165) is 24.7 Å². The maximum atomic E-state index is 10.7. The van der Waals surface area contributed by atoms with E-state index < -0.39 is 0 Å². The quantitative estimate of drug-likeness (QED) is 0.622. The van der Waals surface area contributed by atoms with Gasteiger partial charge in [0.25, 0.3) is 0 Å². The molecule has 0 amide bonds. The van der Waals surface area contributed by atoms with Gasteiger partial charge in [0, 0.05) is 5.92 Å². The lowest BCUT2D eigenvalue weighted by Gasteiger charge is -2.07. The normalized spacial score (nSPS) is 12.4. The Bertz CT molecular complexity index is 228. The Morgan fingerprint density at radius 2 is 2.00 bits per heavy atom. The SMILES string of the molecule is CCC[C@@H](C=O)c1ccccc1. The summed E-state index contributed by atoms with van der Waals surface area (Å²) in [4.78, 5) is 10.7. The molecule has 0 N–H and O–H groups in total. The Hall–Kier alpha value is -1.11. The van der Waals surface area contributed by atoms with Crippen LogP contribution in [0.2, 0.25) is 0 Å². The Morgan fingerprint density at radius 3 is 2.50 bits per heavy atom. The lowest BCUT2D eigenvalue weighted by atomic mass is 9.96. The first-order valence-corrected chi connectivity index (χ1v) is 4.38. The topological polar surface area (TPSA) is 17.1 Å².